The van der Waals surface area contributed by atoms with Crippen molar-refractivity contribution in [2.45, 2.75) is 12.8 Å². The molecule has 0 unspecified atom stereocenters. The van der Waals surface area contributed by atoms with Crippen molar-refractivity contribution in [1.29, 1.82) is 0 Å². The Kier molecular flexibility index (Phi) is 9.45. The molecule has 0 aliphatic carbocycles. The Morgan fingerprint density at radius 3 is 1.97 bits per heavy atom. The third-order valence-electron chi connectivity index (χ3n) is 5.61. The van der Waals surface area contributed by atoms with Gasteiger partial charge in [0, 0.05) is 45.3 Å². The summed E-state index contributed by atoms with van der Waals surface area (Å²) in [5.41, 5.74) is 0.785. The molecule has 0 atom stereocenters. The maximum atomic E-state index is 12.6. The van der Waals surface area contributed by atoms with Crippen LogP contribution in [0.25, 0.3) is 6.08 Å². The normalized spacial score (nSPS) is 16.9. The molecule has 1 aromatic carbocycles. The molecule has 2 aliphatic rings. The van der Waals surface area contributed by atoms with Gasteiger partial charge in [0.1, 0.15) is 0 Å². The molecule has 1 aromatic rings. The average molecular weight is 454 g/mol. The van der Waals surface area contributed by atoms with E-state index in [1.807, 2.05) is 9.80 Å². The maximum absolute atomic E-state index is 12.6. The molecule has 2 heterocycles. The van der Waals surface area contributed by atoms with E-state index in [0.717, 1.165) is 31.5 Å². The molecule has 2 amide bonds. The predicted octanol–water partition coefficient (Wildman–Crippen LogP) is 1.91. The molecule has 2 aliphatic heterocycles. The van der Waals surface area contributed by atoms with Crippen LogP contribution in [0.4, 0.5) is 0 Å². The first-order valence-electron chi connectivity index (χ1n) is 10.3. The van der Waals surface area contributed by atoms with Crippen LogP contribution in [0.5, 0.6) is 17.2 Å². The van der Waals surface area contributed by atoms with Gasteiger partial charge in [0.05, 0.1) is 27.9 Å². The predicted molar refractivity (Wildman–Crippen MR) is 121 cm³/mol. The molecule has 3 rings (SSSR count). The quantitative estimate of drug-likeness (QED) is 0.587. The van der Waals surface area contributed by atoms with Gasteiger partial charge >= 0.3 is 0 Å². The van der Waals surface area contributed by atoms with E-state index < -0.39 is 0 Å². The highest BCUT2D eigenvalue weighted by Gasteiger charge is 2.24. The van der Waals surface area contributed by atoms with Crippen molar-refractivity contribution < 1.29 is 23.8 Å². The molecule has 0 radical (unpaired) electrons. The van der Waals surface area contributed by atoms with Gasteiger partial charge in [-0.25, -0.2) is 0 Å². The van der Waals surface area contributed by atoms with E-state index in [9.17, 15) is 9.59 Å². The standard InChI is InChI=1S/C22H31N3O5.ClH/c1-28-18-14-17(15-19(29-2)22(18)30-3)6-7-20(26)25-12-10-23(11-13-25)16-21(27)24-8-4-5-9-24;/h6-7,14-15H,4-5,8-13,16H2,1-3H3;1H/b7-6+;. The van der Waals surface area contributed by atoms with E-state index in [0.29, 0.717) is 50.0 Å². The Morgan fingerprint density at radius 1 is 0.871 bits per heavy atom. The van der Waals surface area contributed by atoms with Crippen LogP contribution in [0.15, 0.2) is 18.2 Å². The number of halogens is 1. The second kappa shape index (κ2) is 11.8. The number of hydrogen-bond donors (Lipinski definition) is 0. The topological polar surface area (TPSA) is 71.6 Å². The second-order valence-corrected chi connectivity index (χ2v) is 7.48. The van der Waals surface area contributed by atoms with E-state index in [1.165, 1.54) is 0 Å². The van der Waals surface area contributed by atoms with E-state index in [4.69, 9.17) is 14.2 Å². The zero-order valence-electron chi connectivity index (χ0n) is 18.5. The number of ether oxygens (including phenoxy) is 3. The monoisotopic (exact) mass is 453 g/mol. The van der Waals surface area contributed by atoms with Crippen molar-refractivity contribution in [2.24, 2.45) is 0 Å². The molecule has 172 valence electrons. The summed E-state index contributed by atoms with van der Waals surface area (Å²) in [5.74, 6) is 1.76. The molecule has 0 spiro atoms. The summed E-state index contributed by atoms with van der Waals surface area (Å²) < 4.78 is 16.0. The fraction of sp³-hybridized carbons (Fsp3) is 0.545. The lowest BCUT2D eigenvalue weighted by Gasteiger charge is -2.34. The molecule has 0 N–H and O–H groups in total. The number of rotatable bonds is 7. The summed E-state index contributed by atoms with van der Waals surface area (Å²) in [4.78, 5) is 30.8. The van der Waals surface area contributed by atoms with E-state index in [-0.39, 0.29) is 24.2 Å². The van der Waals surface area contributed by atoms with Gasteiger partial charge in [0.2, 0.25) is 17.6 Å². The molecule has 0 bridgehead atoms. The minimum atomic E-state index is -0.0470. The Morgan fingerprint density at radius 2 is 1.45 bits per heavy atom. The van der Waals surface area contributed by atoms with Gasteiger partial charge in [-0.05, 0) is 36.6 Å². The largest absolute Gasteiger partial charge is 0.493 e. The van der Waals surface area contributed by atoms with Crippen molar-refractivity contribution in [3.8, 4) is 17.2 Å². The number of likely N-dealkylation sites (tertiary alicyclic amines) is 1. The summed E-state index contributed by atoms with van der Waals surface area (Å²) >= 11 is 0. The molecule has 8 nitrogen and oxygen atoms in total. The number of methoxy groups -OCH3 is 3. The summed E-state index contributed by atoms with van der Waals surface area (Å²) in [6, 6.07) is 3.60. The Hall–Kier alpha value is -2.45. The number of benzene rings is 1. The van der Waals surface area contributed by atoms with Gasteiger partial charge < -0.3 is 24.0 Å². The van der Waals surface area contributed by atoms with Crippen LogP contribution in [0.1, 0.15) is 18.4 Å². The molecular formula is C22H32ClN3O5. The van der Waals surface area contributed by atoms with Gasteiger partial charge in [-0.2, -0.15) is 0 Å². The summed E-state index contributed by atoms with van der Waals surface area (Å²) in [7, 11) is 4.67. The minimum absolute atomic E-state index is 0. The van der Waals surface area contributed by atoms with Crippen molar-refractivity contribution in [2.75, 3.05) is 67.1 Å². The van der Waals surface area contributed by atoms with Gasteiger partial charge in [-0.3, -0.25) is 14.5 Å². The first-order chi connectivity index (χ1) is 14.5. The molecule has 0 aromatic heterocycles. The van der Waals surface area contributed by atoms with Crippen molar-refractivity contribution in [3.05, 3.63) is 23.8 Å². The Bertz CT molecular complexity index is 762. The molecule has 9 heteroatoms. The first kappa shape index (κ1) is 24.8. The second-order valence-electron chi connectivity index (χ2n) is 7.48. The lowest BCUT2D eigenvalue weighted by molar-refractivity contribution is -0.132. The number of nitrogens with zero attached hydrogens (tertiary/aromatic N) is 3. The van der Waals surface area contributed by atoms with E-state index in [1.54, 1.807) is 45.6 Å². The van der Waals surface area contributed by atoms with Crippen LogP contribution in [-0.2, 0) is 9.59 Å². The highest BCUT2D eigenvalue weighted by Crippen LogP contribution is 2.38. The van der Waals surface area contributed by atoms with Crippen LogP contribution >= 0.6 is 12.4 Å². The third-order valence-corrected chi connectivity index (χ3v) is 5.61. The van der Waals surface area contributed by atoms with Gasteiger partial charge in [0.25, 0.3) is 0 Å². The van der Waals surface area contributed by atoms with Gasteiger partial charge in [-0.1, -0.05) is 0 Å². The molecule has 0 saturated carbocycles. The Labute approximate surface area is 190 Å². The SMILES string of the molecule is COc1cc(/C=C/C(=O)N2CCN(CC(=O)N3CCCC3)CC2)cc(OC)c1OC.Cl. The Balaban J connectivity index is 0.00000341. The molecular weight excluding hydrogens is 422 g/mol. The van der Waals surface area contributed by atoms with Crippen LogP contribution in [0.2, 0.25) is 0 Å². The van der Waals surface area contributed by atoms with Crippen molar-refractivity contribution >= 4 is 30.3 Å². The van der Waals surface area contributed by atoms with Crippen LogP contribution in [0, 0.1) is 0 Å². The average Bonchev–Trinajstić information content (AvgIpc) is 3.32. The lowest BCUT2D eigenvalue weighted by Crippen LogP contribution is -2.51. The fourth-order valence-electron chi connectivity index (χ4n) is 3.85. The maximum Gasteiger partial charge on any atom is 0.246 e. The highest BCUT2D eigenvalue weighted by molar-refractivity contribution is 5.92. The van der Waals surface area contributed by atoms with Crippen molar-refractivity contribution in [3.63, 3.8) is 0 Å². The zero-order valence-corrected chi connectivity index (χ0v) is 19.3. The summed E-state index contributed by atoms with van der Waals surface area (Å²) in [6.45, 7) is 4.86. The van der Waals surface area contributed by atoms with Crippen LogP contribution in [0.3, 0.4) is 0 Å². The zero-order chi connectivity index (χ0) is 21.5. The third kappa shape index (κ3) is 6.27. The summed E-state index contributed by atoms with van der Waals surface area (Å²) in [6.07, 6.45) is 5.51. The number of carbonyl (C=O) groups excluding carboxylic acids is 2. The number of carbonyl (C=O) groups is 2. The van der Waals surface area contributed by atoms with E-state index in [2.05, 4.69) is 4.90 Å². The van der Waals surface area contributed by atoms with E-state index >= 15 is 0 Å². The summed E-state index contributed by atoms with van der Waals surface area (Å²) in [5, 5.41) is 0. The van der Waals surface area contributed by atoms with Crippen LogP contribution < -0.4 is 14.2 Å². The highest BCUT2D eigenvalue weighted by atomic mass is 35.5. The van der Waals surface area contributed by atoms with Crippen LogP contribution in [-0.4, -0.2) is 93.7 Å². The van der Waals surface area contributed by atoms with Gasteiger partial charge in [0.15, 0.2) is 11.5 Å². The van der Waals surface area contributed by atoms with Crippen molar-refractivity contribution in [1.82, 2.24) is 14.7 Å². The fourth-order valence-corrected chi connectivity index (χ4v) is 3.85. The molecule has 2 fully saturated rings. The first-order valence-corrected chi connectivity index (χ1v) is 10.3. The van der Waals surface area contributed by atoms with Gasteiger partial charge in [-0.15, -0.1) is 12.4 Å². The molecule has 31 heavy (non-hydrogen) atoms. The minimum Gasteiger partial charge on any atom is -0.493 e. The number of hydrogen-bond acceptors (Lipinski definition) is 6. The smallest absolute Gasteiger partial charge is 0.246 e. The number of amides is 2. The number of piperazine rings is 1. The molecule has 2 saturated heterocycles. The lowest BCUT2D eigenvalue weighted by atomic mass is 10.1.